The number of aryl methyl sites for hydroxylation is 1. The monoisotopic (exact) mass is 841 g/mol. The summed E-state index contributed by atoms with van der Waals surface area (Å²) in [4.78, 5) is 2.48. The number of morpholine rings is 1. The SMILES string of the molecule is CCC1(CC)c2ccccc2-c2c1c1c(c3cc(N4CCOCC4)ccc23)OC(c2ccc(CCC3CCOCC3)cc2)(c2ccc3c(c2)C(C)(C)c2cc4ccccc4cc2-3)C=C1. The first-order valence-corrected chi connectivity index (χ1v) is 24.1. The van der Waals surface area contributed by atoms with Crippen molar-refractivity contribution in [2.45, 2.75) is 82.7 Å². The average Bonchev–Trinajstić information content (AvgIpc) is 3.77. The third-order valence-electron chi connectivity index (χ3n) is 16.3. The first-order chi connectivity index (χ1) is 31.3. The predicted octanol–water partition coefficient (Wildman–Crippen LogP) is 13.9. The molecule has 0 bridgehead atoms. The van der Waals surface area contributed by atoms with E-state index in [4.69, 9.17) is 14.2 Å². The van der Waals surface area contributed by atoms with Gasteiger partial charge >= 0.3 is 0 Å². The van der Waals surface area contributed by atoms with Gasteiger partial charge in [-0.1, -0.05) is 125 Å². The van der Waals surface area contributed by atoms with E-state index in [0.717, 1.165) is 81.6 Å². The summed E-state index contributed by atoms with van der Waals surface area (Å²) in [7, 11) is 0. The lowest BCUT2D eigenvalue weighted by Crippen LogP contribution is -2.36. The van der Waals surface area contributed by atoms with Crippen molar-refractivity contribution in [2.75, 3.05) is 44.4 Å². The molecule has 4 heteroatoms. The van der Waals surface area contributed by atoms with E-state index in [-0.39, 0.29) is 10.8 Å². The van der Waals surface area contributed by atoms with E-state index < -0.39 is 5.60 Å². The lowest BCUT2D eigenvalue weighted by atomic mass is 9.71. The van der Waals surface area contributed by atoms with E-state index in [1.807, 2.05) is 0 Å². The fourth-order valence-electron chi connectivity index (χ4n) is 12.6. The maximum atomic E-state index is 8.07. The van der Waals surface area contributed by atoms with Gasteiger partial charge in [0.25, 0.3) is 0 Å². The zero-order valence-corrected chi connectivity index (χ0v) is 37.9. The highest BCUT2D eigenvalue weighted by Gasteiger charge is 2.47. The smallest absolute Gasteiger partial charge is 0.178 e. The summed E-state index contributed by atoms with van der Waals surface area (Å²) in [5.41, 5.74) is 16.0. The first-order valence-electron chi connectivity index (χ1n) is 24.1. The molecular formula is C60H59NO3. The molecule has 2 aliphatic carbocycles. The molecule has 4 nitrogen and oxygen atoms in total. The van der Waals surface area contributed by atoms with Crippen molar-refractivity contribution in [3.63, 3.8) is 0 Å². The molecule has 3 aliphatic heterocycles. The van der Waals surface area contributed by atoms with Gasteiger partial charge in [0, 0.05) is 64.9 Å². The molecule has 2 saturated heterocycles. The summed E-state index contributed by atoms with van der Waals surface area (Å²) >= 11 is 0. The molecule has 64 heavy (non-hydrogen) atoms. The zero-order valence-electron chi connectivity index (χ0n) is 37.9. The Kier molecular flexibility index (Phi) is 9.48. The van der Waals surface area contributed by atoms with E-state index in [1.165, 1.54) is 102 Å². The highest BCUT2D eigenvalue weighted by atomic mass is 16.5. The van der Waals surface area contributed by atoms with Crippen LogP contribution in [0.4, 0.5) is 5.69 Å². The predicted molar refractivity (Wildman–Crippen MR) is 264 cm³/mol. The molecule has 0 amide bonds. The Labute approximate surface area is 378 Å². The van der Waals surface area contributed by atoms with Crippen molar-refractivity contribution in [3.8, 4) is 28.0 Å². The fourth-order valence-corrected chi connectivity index (χ4v) is 12.6. The van der Waals surface area contributed by atoms with Crippen molar-refractivity contribution in [1.82, 2.24) is 0 Å². The van der Waals surface area contributed by atoms with Crippen LogP contribution in [0.5, 0.6) is 5.75 Å². The number of hydrogen-bond acceptors (Lipinski definition) is 4. The quantitative estimate of drug-likeness (QED) is 0.153. The van der Waals surface area contributed by atoms with E-state index >= 15 is 0 Å². The van der Waals surface area contributed by atoms with Crippen LogP contribution in [-0.4, -0.2) is 39.5 Å². The van der Waals surface area contributed by atoms with E-state index in [1.54, 1.807) is 0 Å². The molecule has 0 saturated carbocycles. The molecule has 1 atom stereocenters. The van der Waals surface area contributed by atoms with Gasteiger partial charge in [-0.15, -0.1) is 0 Å². The Morgan fingerprint density at radius 3 is 2.11 bits per heavy atom. The molecular weight excluding hydrogens is 783 g/mol. The summed E-state index contributed by atoms with van der Waals surface area (Å²) in [6, 6.07) is 46.7. The summed E-state index contributed by atoms with van der Waals surface area (Å²) in [5, 5.41) is 5.02. The second-order valence-electron chi connectivity index (χ2n) is 19.7. The second kappa shape index (κ2) is 15.2. The van der Waals surface area contributed by atoms with Crippen LogP contribution in [-0.2, 0) is 32.3 Å². The highest BCUT2D eigenvalue weighted by molar-refractivity contribution is 6.09. The van der Waals surface area contributed by atoms with Crippen LogP contribution in [0.2, 0.25) is 0 Å². The number of ether oxygens (including phenoxy) is 3. The number of rotatable bonds is 8. The maximum absolute atomic E-state index is 8.07. The Bertz CT molecular complexity index is 3000. The molecule has 0 aromatic heterocycles. The van der Waals surface area contributed by atoms with Crippen LogP contribution >= 0.6 is 0 Å². The summed E-state index contributed by atoms with van der Waals surface area (Å²) in [5.74, 6) is 1.72. The Morgan fingerprint density at radius 1 is 0.625 bits per heavy atom. The number of hydrogen-bond donors (Lipinski definition) is 0. The van der Waals surface area contributed by atoms with Crippen molar-refractivity contribution < 1.29 is 14.2 Å². The molecule has 12 rings (SSSR count). The number of fused-ring (bicyclic) bond motifs is 12. The first kappa shape index (κ1) is 39.9. The lowest BCUT2D eigenvalue weighted by molar-refractivity contribution is 0.0640. The lowest BCUT2D eigenvalue weighted by Gasteiger charge is -2.40. The van der Waals surface area contributed by atoms with Crippen molar-refractivity contribution in [3.05, 3.63) is 172 Å². The minimum Gasteiger partial charge on any atom is -0.472 e. The third kappa shape index (κ3) is 5.94. The highest BCUT2D eigenvalue weighted by Crippen LogP contribution is 2.61. The minimum atomic E-state index is -0.875. The molecule has 2 fully saturated rings. The molecule has 3 heterocycles. The Morgan fingerprint density at radius 2 is 1.33 bits per heavy atom. The van der Waals surface area contributed by atoms with Gasteiger partial charge < -0.3 is 19.1 Å². The van der Waals surface area contributed by atoms with Crippen LogP contribution in [0.25, 0.3) is 49.9 Å². The van der Waals surface area contributed by atoms with Gasteiger partial charge in [-0.2, -0.15) is 0 Å². The van der Waals surface area contributed by atoms with Crippen LogP contribution in [0.15, 0.2) is 127 Å². The number of nitrogens with zero attached hydrogens (tertiary/aromatic N) is 1. The molecule has 322 valence electrons. The maximum Gasteiger partial charge on any atom is 0.178 e. The average molecular weight is 842 g/mol. The summed E-state index contributed by atoms with van der Waals surface area (Å²) < 4.78 is 19.6. The van der Waals surface area contributed by atoms with Crippen LogP contribution in [0.1, 0.15) is 104 Å². The number of anilines is 1. The van der Waals surface area contributed by atoms with Gasteiger partial charge in [-0.3, -0.25) is 0 Å². The standard InChI is InChI=1S/C60H59NO3/c1-5-59(6-2)52-14-10-9-13-48(52)55-47-24-22-45(61-29-33-63-34-30-61)38-51(47)57-49(56(55)59)25-28-60(64-57,43-19-17-39(18-20-43)15-16-40-26-31-62-32-27-40)44-21-23-46-50-35-41-11-7-8-12-42(41)36-53(50)58(3,4)54(46)37-44/h7-14,17-25,28,35-38,40H,5-6,15-16,26-27,29-34H2,1-4H3. The number of benzene rings is 7. The van der Waals surface area contributed by atoms with Crippen molar-refractivity contribution >= 4 is 33.3 Å². The van der Waals surface area contributed by atoms with E-state index in [2.05, 4.69) is 166 Å². The Balaban J connectivity index is 1.07. The van der Waals surface area contributed by atoms with E-state index in [9.17, 15) is 0 Å². The molecule has 7 aromatic rings. The van der Waals surface area contributed by atoms with Gasteiger partial charge in [0.05, 0.1) is 13.2 Å². The Hall–Kier alpha value is -5.68. The molecule has 0 radical (unpaired) electrons. The van der Waals surface area contributed by atoms with E-state index in [0.29, 0.717) is 0 Å². The molecule has 7 aromatic carbocycles. The second-order valence-corrected chi connectivity index (χ2v) is 19.7. The third-order valence-corrected chi connectivity index (χ3v) is 16.3. The van der Waals surface area contributed by atoms with Gasteiger partial charge in [0.1, 0.15) is 5.75 Å². The van der Waals surface area contributed by atoms with Gasteiger partial charge in [0.2, 0.25) is 0 Å². The topological polar surface area (TPSA) is 30.9 Å². The molecule has 0 N–H and O–H groups in total. The van der Waals surface area contributed by atoms with Crippen LogP contribution in [0.3, 0.4) is 0 Å². The van der Waals surface area contributed by atoms with Crippen LogP contribution < -0.4 is 9.64 Å². The van der Waals surface area contributed by atoms with Crippen LogP contribution in [0, 0.1) is 5.92 Å². The van der Waals surface area contributed by atoms with Crippen molar-refractivity contribution in [2.24, 2.45) is 5.92 Å². The summed E-state index contributed by atoms with van der Waals surface area (Å²) in [6.45, 7) is 14.6. The minimum absolute atomic E-state index is 0.125. The van der Waals surface area contributed by atoms with Gasteiger partial charge in [0.15, 0.2) is 5.60 Å². The molecule has 1 unspecified atom stereocenters. The zero-order chi connectivity index (χ0) is 43.2. The summed E-state index contributed by atoms with van der Waals surface area (Å²) in [6.07, 6.45) is 11.5. The van der Waals surface area contributed by atoms with Gasteiger partial charge in [-0.25, -0.2) is 0 Å². The normalized spacial score (nSPS) is 20.4. The van der Waals surface area contributed by atoms with Crippen molar-refractivity contribution in [1.29, 1.82) is 0 Å². The van der Waals surface area contributed by atoms with Gasteiger partial charge in [-0.05, 0) is 147 Å². The largest absolute Gasteiger partial charge is 0.472 e. The molecule has 5 aliphatic rings. The fraction of sp³-hybridized carbons (Fsp3) is 0.333. The molecule has 0 spiro atoms.